The van der Waals surface area contributed by atoms with Crippen molar-refractivity contribution in [3.63, 3.8) is 0 Å². The molecule has 0 unspecified atom stereocenters. The molecule has 1 heterocycles. The second-order valence-corrected chi connectivity index (χ2v) is 8.41. The first-order valence-corrected chi connectivity index (χ1v) is 12.1. The molecule has 0 bridgehead atoms. The van der Waals surface area contributed by atoms with Crippen molar-refractivity contribution in [1.29, 1.82) is 0 Å². The van der Waals surface area contributed by atoms with Gasteiger partial charge in [0.2, 0.25) is 11.6 Å². The van der Waals surface area contributed by atoms with E-state index in [1.807, 2.05) is 0 Å². The molecule has 0 aliphatic heterocycles. The monoisotopic (exact) mass is 533 g/mol. The van der Waals surface area contributed by atoms with Gasteiger partial charge in [-0.3, -0.25) is 14.4 Å². The first-order valence-electron chi connectivity index (χ1n) is 12.1. The molecule has 0 saturated heterocycles. The lowest BCUT2D eigenvalue weighted by atomic mass is 10.0. The molecule has 1 aromatic heterocycles. The Hall–Kier alpha value is -4.64. The summed E-state index contributed by atoms with van der Waals surface area (Å²) >= 11 is 0. The van der Waals surface area contributed by atoms with Crippen molar-refractivity contribution in [3.8, 4) is 17.2 Å². The normalized spacial score (nSPS) is 14.3. The molecule has 0 fully saturated rings. The number of benzene rings is 2. The maximum Gasteiger partial charge on any atom is 0.305 e. The highest BCUT2D eigenvalue weighted by molar-refractivity contribution is 6.50. The summed E-state index contributed by atoms with van der Waals surface area (Å²) in [5.74, 6) is 0.298. The van der Waals surface area contributed by atoms with Crippen LogP contribution < -0.4 is 14.2 Å². The second-order valence-electron chi connectivity index (χ2n) is 8.41. The summed E-state index contributed by atoms with van der Waals surface area (Å²) in [5, 5.41) is 0.527. The Balaban J connectivity index is 1.52. The molecular weight excluding hydrogens is 506 g/mol. The Morgan fingerprint density at radius 2 is 1.79 bits per heavy atom. The number of esters is 1. The molecule has 0 radical (unpaired) electrons. The first-order chi connectivity index (χ1) is 18.9. The third-order valence-electron chi connectivity index (χ3n) is 5.83. The number of nitrogens with zero attached hydrogens (tertiary/aromatic N) is 3. The summed E-state index contributed by atoms with van der Waals surface area (Å²) in [7, 11) is 4.43. The number of allylic oxidation sites excluding steroid dienone is 2. The van der Waals surface area contributed by atoms with Crippen LogP contribution in [0.4, 0.5) is 5.82 Å². The average molecular weight is 534 g/mol. The summed E-state index contributed by atoms with van der Waals surface area (Å²) in [5.41, 5.74) is 1.47. The fraction of sp³-hybridized carbons (Fsp3) is 0.286. The highest BCUT2D eigenvalue weighted by Gasteiger charge is 2.27. The molecule has 1 aliphatic carbocycles. The summed E-state index contributed by atoms with van der Waals surface area (Å²) in [6.07, 6.45) is 2.97. The Labute approximate surface area is 224 Å². The van der Waals surface area contributed by atoms with Crippen LogP contribution in [-0.4, -0.2) is 67.8 Å². The number of carbonyl (C=O) groups is 3. The fourth-order valence-electron chi connectivity index (χ4n) is 3.76. The van der Waals surface area contributed by atoms with E-state index in [9.17, 15) is 14.4 Å². The molecule has 11 heteroatoms. The van der Waals surface area contributed by atoms with Gasteiger partial charge in [-0.15, -0.1) is 0 Å². The lowest BCUT2D eigenvalue weighted by molar-refractivity contribution is -0.140. The molecule has 202 valence electrons. The Morgan fingerprint density at radius 3 is 2.51 bits per heavy atom. The number of aromatic nitrogens is 2. The number of ketones is 2. The van der Waals surface area contributed by atoms with Crippen molar-refractivity contribution < 1.29 is 38.1 Å². The Morgan fingerprint density at radius 1 is 1.00 bits per heavy atom. The largest absolute Gasteiger partial charge is 0.493 e. The number of Topliss-reactive ketones (excluding diaryl/α,β-unsaturated/α-hetero) is 1. The van der Waals surface area contributed by atoms with Crippen LogP contribution >= 0.6 is 0 Å². The van der Waals surface area contributed by atoms with Crippen LogP contribution in [-0.2, 0) is 30.3 Å². The van der Waals surface area contributed by atoms with Crippen molar-refractivity contribution in [1.82, 2.24) is 9.97 Å². The van der Waals surface area contributed by atoms with E-state index < -0.39 is 11.6 Å². The lowest BCUT2D eigenvalue weighted by Crippen LogP contribution is -2.26. The van der Waals surface area contributed by atoms with E-state index >= 15 is 0 Å². The van der Waals surface area contributed by atoms with Crippen LogP contribution in [0.5, 0.6) is 17.2 Å². The molecule has 11 nitrogen and oxygen atoms in total. The highest BCUT2D eigenvalue weighted by Crippen LogP contribution is 2.35. The van der Waals surface area contributed by atoms with Gasteiger partial charge in [0.15, 0.2) is 23.1 Å². The standard InChI is InChI=1S/C28H27N3O8/c1-35-10-11-38-26-14-20-19(12-25(26)36-2)28(30-16-29-20)31-21-13-23(33)24(15-22(21)32)39-18-7-4-17(5-8-18)6-9-27(34)37-3/h4-5,7-8,12,14-16H,6,9-11,13H2,1-3H3. The van der Waals surface area contributed by atoms with E-state index in [4.69, 9.17) is 18.9 Å². The van der Waals surface area contributed by atoms with Gasteiger partial charge in [0.1, 0.15) is 18.7 Å². The van der Waals surface area contributed by atoms with Gasteiger partial charge in [-0.05, 0) is 30.2 Å². The molecule has 4 rings (SSSR count). The van der Waals surface area contributed by atoms with Gasteiger partial charge in [-0.2, -0.15) is 0 Å². The number of methoxy groups -OCH3 is 3. The topological polar surface area (TPSA) is 136 Å². The van der Waals surface area contributed by atoms with Gasteiger partial charge >= 0.3 is 5.97 Å². The first kappa shape index (κ1) is 27.4. The van der Waals surface area contributed by atoms with Crippen LogP contribution in [0, 0.1) is 0 Å². The fourth-order valence-corrected chi connectivity index (χ4v) is 3.76. The third-order valence-corrected chi connectivity index (χ3v) is 5.83. The number of rotatable bonds is 11. The summed E-state index contributed by atoms with van der Waals surface area (Å²) in [6, 6.07) is 10.3. The zero-order valence-corrected chi connectivity index (χ0v) is 21.8. The number of fused-ring (bicyclic) bond motifs is 1. The van der Waals surface area contributed by atoms with Gasteiger partial charge in [-0.25, -0.2) is 15.0 Å². The van der Waals surface area contributed by atoms with Gasteiger partial charge in [0.05, 0.1) is 38.5 Å². The number of carbonyl (C=O) groups excluding carboxylic acids is 3. The molecule has 0 spiro atoms. The van der Waals surface area contributed by atoms with Crippen LogP contribution in [0.25, 0.3) is 10.9 Å². The van der Waals surface area contributed by atoms with Gasteiger partial charge in [0, 0.05) is 31.1 Å². The van der Waals surface area contributed by atoms with Crippen molar-refractivity contribution >= 4 is 40.0 Å². The summed E-state index contributed by atoms with van der Waals surface area (Å²) in [4.78, 5) is 49.8. The third kappa shape index (κ3) is 6.82. The maximum absolute atomic E-state index is 12.9. The van der Waals surface area contributed by atoms with Crippen molar-refractivity contribution in [3.05, 3.63) is 60.1 Å². The van der Waals surface area contributed by atoms with E-state index in [0.717, 1.165) is 11.6 Å². The Kier molecular flexibility index (Phi) is 8.95. The minimum absolute atomic E-state index is 0.0323. The zero-order valence-electron chi connectivity index (χ0n) is 21.8. The van der Waals surface area contributed by atoms with Crippen LogP contribution in [0.15, 0.2) is 59.6 Å². The molecule has 1 aliphatic rings. The molecule has 39 heavy (non-hydrogen) atoms. The van der Waals surface area contributed by atoms with Crippen LogP contribution in [0.1, 0.15) is 18.4 Å². The number of hydrogen-bond donors (Lipinski definition) is 0. The maximum atomic E-state index is 12.9. The SMILES string of the molecule is COCCOc1cc2ncnc(N=C3CC(=O)C(Oc4ccc(CCC(=O)OC)cc4)=CC3=O)c2cc1OC. The van der Waals surface area contributed by atoms with Gasteiger partial charge < -0.3 is 23.7 Å². The molecule has 0 saturated carbocycles. The minimum atomic E-state index is -0.461. The summed E-state index contributed by atoms with van der Waals surface area (Å²) in [6.45, 7) is 0.729. The highest BCUT2D eigenvalue weighted by atomic mass is 16.5. The zero-order chi connectivity index (χ0) is 27.8. The predicted octanol–water partition coefficient (Wildman–Crippen LogP) is 3.35. The number of aliphatic imine (C=N–C) groups is 1. The molecule has 0 amide bonds. The van der Waals surface area contributed by atoms with E-state index in [-0.39, 0.29) is 36.1 Å². The molecular formula is C28H27N3O8. The Bertz CT molecular complexity index is 1450. The van der Waals surface area contributed by atoms with Crippen molar-refractivity contribution in [2.45, 2.75) is 19.3 Å². The van der Waals surface area contributed by atoms with Crippen LogP contribution in [0.3, 0.4) is 0 Å². The van der Waals surface area contributed by atoms with Gasteiger partial charge in [0.25, 0.3) is 0 Å². The van der Waals surface area contributed by atoms with Crippen LogP contribution in [0.2, 0.25) is 0 Å². The van der Waals surface area contributed by atoms with Crippen molar-refractivity contribution in [2.24, 2.45) is 4.99 Å². The second kappa shape index (κ2) is 12.7. The summed E-state index contributed by atoms with van der Waals surface area (Å²) < 4.78 is 26.5. The number of aryl methyl sites for hydroxylation is 1. The predicted molar refractivity (Wildman–Crippen MR) is 141 cm³/mol. The lowest BCUT2D eigenvalue weighted by Gasteiger charge is -2.15. The minimum Gasteiger partial charge on any atom is -0.493 e. The molecule has 2 aromatic carbocycles. The van der Waals surface area contributed by atoms with Gasteiger partial charge in [-0.1, -0.05) is 12.1 Å². The average Bonchev–Trinajstić information content (AvgIpc) is 2.95. The quantitative estimate of drug-likeness (QED) is 0.267. The van der Waals surface area contributed by atoms with E-state index in [1.165, 1.54) is 20.5 Å². The van der Waals surface area contributed by atoms with E-state index in [2.05, 4.69) is 19.7 Å². The van der Waals surface area contributed by atoms with Crippen molar-refractivity contribution in [2.75, 3.05) is 34.5 Å². The smallest absolute Gasteiger partial charge is 0.305 e. The van der Waals surface area contributed by atoms with E-state index in [1.54, 1.807) is 43.5 Å². The van der Waals surface area contributed by atoms with E-state index in [0.29, 0.717) is 47.8 Å². The molecule has 3 aromatic rings. The number of ether oxygens (including phenoxy) is 5. The molecule has 0 N–H and O–H groups in total. The number of hydrogen-bond acceptors (Lipinski definition) is 11. The molecule has 0 atom stereocenters.